The molecule has 0 atom stereocenters. The highest BCUT2D eigenvalue weighted by Crippen LogP contribution is 2.27. The van der Waals surface area contributed by atoms with Crippen LogP contribution in [-0.2, 0) is 4.79 Å². The molecule has 1 heterocycles. The van der Waals surface area contributed by atoms with E-state index < -0.39 is 0 Å². The molecule has 122 valence electrons. The highest BCUT2D eigenvalue weighted by Gasteiger charge is 2.07. The van der Waals surface area contributed by atoms with Gasteiger partial charge in [0.05, 0.1) is 11.3 Å². The molecule has 0 unspecified atom stereocenters. The van der Waals surface area contributed by atoms with Crippen molar-refractivity contribution in [3.8, 4) is 11.4 Å². The van der Waals surface area contributed by atoms with Gasteiger partial charge in [0, 0.05) is 34.9 Å². The zero-order valence-corrected chi connectivity index (χ0v) is 14.0. The van der Waals surface area contributed by atoms with Crippen LogP contribution < -0.4 is 10.1 Å². The number of carbonyl (C=O) groups is 1. The number of ether oxygens (including phenoxy) is 1. The topological polar surface area (TPSA) is 56.1 Å². The SMILES string of the molecule is O=C(COc1cc(Cl)ccc1Cl)Nc1ccc(-n2ccnc2)cc1. The van der Waals surface area contributed by atoms with Crippen LogP contribution in [-0.4, -0.2) is 22.1 Å². The molecule has 0 aliphatic heterocycles. The summed E-state index contributed by atoms with van der Waals surface area (Å²) in [5.41, 5.74) is 1.62. The first-order valence-electron chi connectivity index (χ1n) is 7.08. The summed E-state index contributed by atoms with van der Waals surface area (Å²) in [6, 6.07) is 12.2. The van der Waals surface area contributed by atoms with Gasteiger partial charge in [-0.3, -0.25) is 4.79 Å². The van der Waals surface area contributed by atoms with Crippen LogP contribution in [0.25, 0.3) is 5.69 Å². The number of carbonyl (C=O) groups excluding carboxylic acids is 1. The molecule has 3 rings (SSSR count). The number of nitrogens with zero attached hydrogens (tertiary/aromatic N) is 2. The van der Waals surface area contributed by atoms with Crippen molar-refractivity contribution in [1.82, 2.24) is 9.55 Å². The van der Waals surface area contributed by atoms with Gasteiger partial charge in [0.1, 0.15) is 5.75 Å². The van der Waals surface area contributed by atoms with Crippen LogP contribution in [0.4, 0.5) is 5.69 Å². The molecule has 1 amide bonds. The van der Waals surface area contributed by atoms with Crippen LogP contribution in [0, 0.1) is 0 Å². The van der Waals surface area contributed by atoms with Crippen molar-refractivity contribution in [2.24, 2.45) is 0 Å². The lowest BCUT2D eigenvalue weighted by Gasteiger charge is -2.10. The van der Waals surface area contributed by atoms with E-state index in [1.54, 1.807) is 42.9 Å². The number of halogens is 2. The molecule has 0 aliphatic rings. The number of nitrogens with one attached hydrogen (secondary N) is 1. The predicted molar refractivity (Wildman–Crippen MR) is 94.2 cm³/mol. The molecule has 1 aromatic heterocycles. The number of anilines is 1. The summed E-state index contributed by atoms with van der Waals surface area (Å²) in [4.78, 5) is 16.0. The summed E-state index contributed by atoms with van der Waals surface area (Å²) in [5.74, 6) is 0.0798. The Balaban J connectivity index is 1.58. The maximum Gasteiger partial charge on any atom is 0.262 e. The van der Waals surface area contributed by atoms with Crippen LogP contribution in [0.3, 0.4) is 0 Å². The fourth-order valence-corrected chi connectivity index (χ4v) is 2.39. The molecule has 0 aliphatic carbocycles. The first-order valence-corrected chi connectivity index (χ1v) is 7.83. The highest BCUT2D eigenvalue weighted by atomic mass is 35.5. The summed E-state index contributed by atoms with van der Waals surface area (Å²) in [6.45, 7) is -0.163. The van der Waals surface area contributed by atoms with Gasteiger partial charge in [0.25, 0.3) is 5.91 Å². The van der Waals surface area contributed by atoms with Crippen molar-refractivity contribution in [3.05, 3.63) is 71.2 Å². The van der Waals surface area contributed by atoms with Gasteiger partial charge < -0.3 is 14.6 Å². The molecule has 0 bridgehead atoms. The van der Waals surface area contributed by atoms with Crippen molar-refractivity contribution in [1.29, 1.82) is 0 Å². The largest absolute Gasteiger partial charge is 0.482 e. The van der Waals surface area contributed by atoms with Gasteiger partial charge in [0.15, 0.2) is 6.61 Å². The summed E-state index contributed by atoms with van der Waals surface area (Å²) < 4.78 is 7.26. The molecule has 7 heteroatoms. The van der Waals surface area contributed by atoms with E-state index in [0.717, 1.165) is 5.69 Å². The van der Waals surface area contributed by atoms with Gasteiger partial charge >= 0.3 is 0 Å². The van der Waals surface area contributed by atoms with Crippen LogP contribution in [0.1, 0.15) is 0 Å². The van der Waals surface area contributed by atoms with Gasteiger partial charge in [-0.05, 0) is 36.4 Å². The minimum absolute atomic E-state index is 0.163. The Bertz CT molecular complexity index is 834. The number of hydrogen-bond acceptors (Lipinski definition) is 3. The third kappa shape index (κ3) is 4.07. The highest BCUT2D eigenvalue weighted by molar-refractivity contribution is 6.34. The monoisotopic (exact) mass is 361 g/mol. The quantitative estimate of drug-likeness (QED) is 0.740. The normalized spacial score (nSPS) is 10.4. The average molecular weight is 362 g/mol. The smallest absolute Gasteiger partial charge is 0.262 e. The van der Waals surface area contributed by atoms with E-state index >= 15 is 0 Å². The summed E-state index contributed by atoms with van der Waals surface area (Å²) in [5, 5.41) is 3.64. The standard InChI is InChI=1S/C17H13Cl2N3O2/c18-12-1-6-15(19)16(9-12)24-10-17(23)21-13-2-4-14(5-3-13)22-8-7-20-11-22/h1-9,11H,10H2,(H,21,23). The van der Waals surface area contributed by atoms with Gasteiger partial charge in [-0.15, -0.1) is 0 Å². The van der Waals surface area contributed by atoms with E-state index in [9.17, 15) is 4.79 Å². The minimum atomic E-state index is -0.290. The van der Waals surface area contributed by atoms with Crippen molar-refractivity contribution in [2.45, 2.75) is 0 Å². The van der Waals surface area contributed by atoms with Crippen LogP contribution in [0.5, 0.6) is 5.75 Å². The number of aromatic nitrogens is 2. The Morgan fingerprint density at radius 1 is 1.17 bits per heavy atom. The van der Waals surface area contributed by atoms with Crippen molar-refractivity contribution in [3.63, 3.8) is 0 Å². The first-order chi connectivity index (χ1) is 11.6. The lowest BCUT2D eigenvalue weighted by molar-refractivity contribution is -0.118. The second kappa shape index (κ2) is 7.38. The molecular weight excluding hydrogens is 349 g/mol. The molecule has 24 heavy (non-hydrogen) atoms. The Kier molecular flexibility index (Phi) is 5.03. The van der Waals surface area contributed by atoms with Crippen molar-refractivity contribution in [2.75, 3.05) is 11.9 Å². The Morgan fingerprint density at radius 2 is 1.96 bits per heavy atom. The van der Waals surface area contributed by atoms with Crippen molar-refractivity contribution < 1.29 is 9.53 Å². The molecule has 5 nitrogen and oxygen atoms in total. The number of imidazole rings is 1. The zero-order valence-electron chi connectivity index (χ0n) is 12.4. The Hall–Kier alpha value is -2.50. The fourth-order valence-electron chi connectivity index (χ4n) is 2.06. The van der Waals surface area contributed by atoms with Gasteiger partial charge in [-0.2, -0.15) is 0 Å². The number of hydrogen-bond donors (Lipinski definition) is 1. The molecule has 1 N–H and O–H groups in total. The molecule has 0 saturated carbocycles. The van der Waals surface area contributed by atoms with E-state index in [4.69, 9.17) is 27.9 Å². The van der Waals surface area contributed by atoms with Crippen LogP contribution >= 0.6 is 23.2 Å². The van der Waals surface area contributed by atoms with E-state index in [-0.39, 0.29) is 12.5 Å². The third-order valence-corrected chi connectivity index (χ3v) is 3.75. The summed E-state index contributed by atoms with van der Waals surface area (Å²) in [7, 11) is 0. The number of rotatable bonds is 5. The predicted octanol–water partition coefficient (Wildman–Crippen LogP) is 4.20. The molecule has 2 aromatic carbocycles. The summed E-state index contributed by atoms with van der Waals surface area (Å²) in [6.07, 6.45) is 5.25. The third-order valence-electron chi connectivity index (χ3n) is 3.21. The first kappa shape index (κ1) is 16.4. The molecule has 0 radical (unpaired) electrons. The van der Waals surface area contributed by atoms with Crippen LogP contribution in [0.2, 0.25) is 10.0 Å². The number of amides is 1. The second-order valence-electron chi connectivity index (χ2n) is 4.93. The van der Waals surface area contributed by atoms with Gasteiger partial charge in [-0.25, -0.2) is 4.98 Å². The lowest BCUT2D eigenvalue weighted by Crippen LogP contribution is -2.20. The van der Waals surface area contributed by atoms with E-state index in [1.165, 1.54) is 0 Å². The second-order valence-corrected chi connectivity index (χ2v) is 5.77. The van der Waals surface area contributed by atoms with E-state index in [2.05, 4.69) is 10.3 Å². The van der Waals surface area contributed by atoms with E-state index in [1.807, 2.05) is 22.9 Å². The fraction of sp³-hybridized carbons (Fsp3) is 0.0588. The van der Waals surface area contributed by atoms with Gasteiger partial charge in [-0.1, -0.05) is 23.2 Å². The Morgan fingerprint density at radius 3 is 2.67 bits per heavy atom. The maximum atomic E-state index is 12.0. The summed E-state index contributed by atoms with van der Waals surface area (Å²) >= 11 is 11.9. The maximum absolute atomic E-state index is 12.0. The number of benzene rings is 2. The molecule has 3 aromatic rings. The van der Waals surface area contributed by atoms with Crippen LogP contribution in [0.15, 0.2) is 61.2 Å². The lowest BCUT2D eigenvalue weighted by atomic mass is 10.2. The average Bonchev–Trinajstić information content (AvgIpc) is 3.11. The zero-order chi connectivity index (χ0) is 16.9. The molecule has 0 fully saturated rings. The molecule has 0 saturated heterocycles. The molecule has 0 spiro atoms. The Labute approximate surface area is 148 Å². The molecular formula is C17H13Cl2N3O2. The van der Waals surface area contributed by atoms with Gasteiger partial charge in [0.2, 0.25) is 0 Å². The van der Waals surface area contributed by atoms with Crippen molar-refractivity contribution >= 4 is 34.8 Å². The van der Waals surface area contributed by atoms with E-state index in [0.29, 0.717) is 21.5 Å². The minimum Gasteiger partial charge on any atom is -0.482 e.